The van der Waals surface area contributed by atoms with Gasteiger partial charge in [-0.1, -0.05) is 0 Å². The smallest absolute Gasteiger partial charge is 0.407 e. The van der Waals surface area contributed by atoms with Crippen molar-refractivity contribution >= 4 is 12.2 Å². The summed E-state index contributed by atoms with van der Waals surface area (Å²) in [6, 6.07) is 3.13. The average Bonchev–Trinajstić information content (AvgIpc) is 2.65. The molecule has 2 amide bonds. The van der Waals surface area contributed by atoms with Gasteiger partial charge in [-0.25, -0.2) is 9.59 Å². The fraction of sp³-hybridized carbons (Fsp3) is 0.636. The van der Waals surface area contributed by atoms with Gasteiger partial charge in [-0.3, -0.25) is 0 Å². The topological polar surface area (TPSA) is 136 Å². The third-order valence-corrected chi connectivity index (χ3v) is 3.66. The summed E-state index contributed by atoms with van der Waals surface area (Å²) in [5.74, 6) is 0.656. The van der Waals surface area contributed by atoms with Crippen LogP contribution in [0.15, 0.2) is 12.1 Å². The predicted molar refractivity (Wildman–Crippen MR) is 118 cm³/mol. The Balaban J connectivity index is 2.68. The fourth-order valence-corrected chi connectivity index (χ4v) is 2.42. The number of alkyl carbamates (subject to hydrolysis) is 2. The van der Waals surface area contributed by atoms with Crippen molar-refractivity contribution in [3.8, 4) is 11.5 Å². The van der Waals surface area contributed by atoms with Crippen LogP contribution in [0.4, 0.5) is 9.59 Å². The number of nitrogens with one attached hydrogen (secondary N) is 2. The van der Waals surface area contributed by atoms with E-state index in [4.69, 9.17) is 18.9 Å². The summed E-state index contributed by atoms with van der Waals surface area (Å²) < 4.78 is 21.7. The number of rotatable bonds is 10. The molecule has 0 aliphatic rings. The molecule has 0 saturated carbocycles. The van der Waals surface area contributed by atoms with Gasteiger partial charge in [0.15, 0.2) is 11.5 Å². The van der Waals surface area contributed by atoms with Gasteiger partial charge in [-0.15, -0.1) is 0 Å². The number of hydrogen-bond donors (Lipinski definition) is 4. The van der Waals surface area contributed by atoms with Crippen LogP contribution in [0.5, 0.6) is 11.5 Å². The lowest BCUT2D eigenvalue weighted by Crippen LogP contribution is -2.35. The Labute approximate surface area is 189 Å². The molecule has 0 fully saturated rings. The van der Waals surface area contributed by atoms with Gasteiger partial charge in [0.05, 0.1) is 26.3 Å². The molecule has 0 saturated heterocycles. The van der Waals surface area contributed by atoms with Crippen LogP contribution in [-0.4, -0.2) is 59.9 Å². The first-order valence-corrected chi connectivity index (χ1v) is 10.4. The Bertz CT molecular complexity index is 691. The van der Waals surface area contributed by atoms with Crippen LogP contribution in [0.3, 0.4) is 0 Å². The zero-order valence-electron chi connectivity index (χ0n) is 19.7. The maximum absolute atomic E-state index is 11.7. The quantitative estimate of drug-likeness (QED) is 0.394. The van der Waals surface area contributed by atoms with Crippen molar-refractivity contribution in [3.63, 3.8) is 0 Å². The number of carbonyl (C=O) groups is 2. The van der Waals surface area contributed by atoms with Gasteiger partial charge in [0.25, 0.3) is 0 Å². The van der Waals surface area contributed by atoms with E-state index in [9.17, 15) is 19.8 Å². The lowest BCUT2D eigenvalue weighted by atomic mass is 10.1. The third-order valence-electron chi connectivity index (χ3n) is 3.66. The molecule has 4 N–H and O–H groups in total. The molecule has 1 aromatic carbocycles. The molecule has 0 aromatic heterocycles. The summed E-state index contributed by atoms with van der Waals surface area (Å²) in [6.07, 6.45) is -1.12. The maximum atomic E-state index is 11.7. The van der Waals surface area contributed by atoms with Crippen LogP contribution in [0.25, 0.3) is 0 Å². The fourth-order valence-electron chi connectivity index (χ4n) is 2.42. The molecule has 0 aliphatic carbocycles. The van der Waals surface area contributed by atoms with Gasteiger partial charge in [-0.05, 0) is 64.8 Å². The van der Waals surface area contributed by atoms with Gasteiger partial charge in [0, 0.05) is 0 Å². The Morgan fingerprint density at radius 1 is 0.750 bits per heavy atom. The molecule has 0 radical (unpaired) electrons. The van der Waals surface area contributed by atoms with Crippen molar-refractivity contribution in [3.05, 3.63) is 23.3 Å². The number of carbonyl (C=O) groups excluding carboxylic acids is 2. The normalized spacial score (nSPS) is 11.5. The van der Waals surface area contributed by atoms with Crippen LogP contribution in [0.1, 0.15) is 52.7 Å². The minimum absolute atomic E-state index is 0.120. The number of amides is 2. The summed E-state index contributed by atoms with van der Waals surface area (Å²) in [6.45, 7) is 10.6. The third kappa shape index (κ3) is 11.1. The van der Waals surface area contributed by atoms with Gasteiger partial charge in [0.2, 0.25) is 0 Å². The number of aliphatic hydroxyl groups excluding tert-OH is 2. The van der Waals surface area contributed by atoms with Crippen molar-refractivity contribution in [1.29, 1.82) is 0 Å². The Morgan fingerprint density at radius 3 is 1.38 bits per heavy atom. The SMILES string of the molecule is CC(C)(C)OC(=O)NCCOc1cc(CO)c(CO)cc1OCCNC(=O)OC(C)(C)C. The molecule has 0 unspecified atom stereocenters. The highest BCUT2D eigenvalue weighted by molar-refractivity contribution is 5.68. The number of ether oxygens (including phenoxy) is 4. The molecule has 10 nitrogen and oxygen atoms in total. The summed E-state index contributed by atoms with van der Waals surface area (Å²) >= 11 is 0. The van der Waals surface area contributed by atoms with Gasteiger partial charge in [-0.2, -0.15) is 0 Å². The first-order chi connectivity index (χ1) is 14.8. The largest absolute Gasteiger partial charge is 0.488 e. The van der Waals surface area contributed by atoms with E-state index in [1.54, 1.807) is 53.7 Å². The van der Waals surface area contributed by atoms with Crippen LogP contribution in [0.2, 0.25) is 0 Å². The molecule has 1 aromatic rings. The number of aliphatic hydroxyl groups is 2. The van der Waals surface area contributed by atoms with E-state index in [0.29, 0.717) is 22.6 Å². The van der Waals surface area contributed by atoms with Crippen molar-refractivity contribution in [2.75, 3.05) is 26.3 Å². The van der Waals surface area contributed by atoms with E-state index in [1.165, 1.54) is 0 Å². The van der Waals surface area contributed by atoms with Crippen molar-refractivity contribution in [1.82, 2.24) is 10.6 Å². The minimum Gasteiger partial charge on any atom is -0.488 e. The van der Waals surface area contributed by atoms with E-state index in [-0.39, 0.29) is 39.5 Å². The first-order valence-electron chi connectivity index (χ1n) is 10.4. The zero-order valence-corrected chi connectivity index (χ0v) is 19.7. The predicted octanol–water partition coefficient (Wildman–Crippen LogP) is 2.48. The van der Waals surface area contributed by atoms with Crippen molar-refractivity contribution in [2.45, 2.75) is 66.0 Å². The number of benzene rings is 1. The lowest BCUT2D eigenvalue weighted by molar-refractivity contribution is 0.0507. The Hall–Kier alpha value is -2.72. The van der Waals surface area contributed by atoms with Crippen LogP contribution >= 0.6 is 0 Å². The van der Waals surface area contributed by atoms with Crippen LogP contribution in [0, 0.1) is 0 Å². The highest BCUT2D eigenvalue weighted by Gasteiger charge is 2.17. The molecule has 0 aliphatic heterocycles. The molecule has 0 bridgehead atoms. The monoisotopic (exact) mass is 456 g/mol. The first kappa shape index (κ1) is 27.3. The molecule has 1 rings (SSSR count). The second kappa shape index (κ2) is 12.4. The molecule has 0 spiro atoms. The summed E-state index contributed by atoms with van der Waals surface area (Å²) in [5.41, 5.74) is -0.228. The Morgan fingerprint density at radius 2 is 1.09 bits per heavy atom. The highest BCUT2D eigenvalue weighted by Crippen LogP contribution is 2.31. The second-order valence-electron chi connectivity index (χ2n) is 8.94. The van der Waals surface area contributed by atoms with E-state index in [0.717, 1.165) is 0 Å². The molecular formula is C22H36N2O8. The van der Waals surface area contributed by atoms with Gasteiger partial charge >= 0.3 is 12.2 Å². The van der Waals surface area contributed by atoms with E-state index < -0.39 is 23.4 Å². The summed E-state index contributed by atoms with van der Waals surface area (Å²) in [4.78, 5) is 23.4. The lowest BCUT2D eigenvalue weighted by Gasteiger charge is -2.20. The van der Waals surface area contributed by atoms with E-state index in [1.807, 2.05) is 0 Å². The van der Waals surface area contributed by atoms with Crippen molar-refractivity contribution in [2.24, 2.45) is 0 Å². The zero-order chi connectivity index (χ0) is 24.4. The summed E-state index contributed by atoms with van der Waals surface area (Å²) in [5, 5.41) is 24.3. The molecule has 0 atom stereocenters. The van der Waals surface area contributed by atoms with Crippen LogP contribution in [-0.2, 0) is 22.7 Å². The molecule has 10 heteroatoms. The van der Waals surface area contributed by atoms with Gasteiger partial charge in [0.1, 0.15) is 24.4 Å². The van der Waals surface area contributed by atoms with E-state index in [2.05, 4.69) is 10.6 Å². The van der Waals surface area contributed by atoms with E-state index >= 15 is 0 Å². The van der Waals surface area contributed by atoms with Crippen molar-refractivity contribution < 1.29 is 38.7 Å². The molecule has 32 heavy (non-hydrogen) atoms. The second-order valence-corrected chi connectivity index (χ2v) is 8.94. The number of hydrogen-bond acceptors (Lipinski definition) is 8. The minimum atomic E-state index is -0.602. The average molecular weight is 457 g/mol. The highest BCUT2D eigenvalue weighted by atomic mass is 16.6. The standard InChI is InChI=1S/C22H36N2O8/c1-21(2,3)31-19(27)23-7-9-29-17-11-15(13-25)16(14-26)12-18(17)30-10-8-24-20(28)32-22(4,5)6/h11-12,25-26H,7-10,13-14H2,1-6H3,(H,23,27)(H,24,28). The maximum Gasteiger partial charge on any atom is 0.407 e. The molecular weight excluding hydrogens is 420 g/mol. The van der Waals surface area contributed by atoms with Crippen LogP contribution < -0.4 is 20.1 Å². The van der Waals surface area contributed by atoms with Gasteiger partial charge < -0.3 is 39.8 Å². The molecule has 0 heterocycles. The Kier molecular flexibility index (Phi) is 10.5. The molecule has 182 valence electrons. The summed E-state index contributed by atoms with van der Waals surface area (Å²) in [7, 11) is 0.